The SMILES string of the molecule is C=C(/C=C\CC(=O)c1ccc(O)cc1O)/C=C/c1ccccc1.CC.CC.CC. The number of phenols is 2. The maximum atomic E-state index is 12.0. The van der Waals surface area contributed by atoms with Crippen molar-refractivity contribution in [3.63, 3.8) is 0 Å². The van der Waals surface area contributed by atoms with Crippen LogP contribution in [0.4, 0.5) is 0 Å². The standard InChI is InChI=1S/C20H18O3.3C2H6/c1-15(10-11-16-7-3-2-4-8-16)6-5-9-19(22)18-13-12-17(21)14-20(18)23;3*1-2/h2-8,10-14,21,23H,1,9H2;3*1-2H3/b6-5-,11-10+;;;. The topological polar surface area (TPSA) is 57.5 Å². The van der Waals surface area contributed by atoms with E-state index < -0.39 is 0 Å². The highest BCUT2D eigenvalue weighted by Crippen LogP contribution is 2.23. The normalized spacial score (nSPS) is 9.45. The van der Waals surface area contributed by atoms with Crippen LogP contribution >= 0.6 is 0 Å². The van der Waals surface area contributed by atoms with Crippen LogP contribution in [0.3, 0.4) is 0 Å². The number of carbonyl (C=O) groups excluding carboxylic acids is 1. The van der Waals surface area contributed by atoms with Crippen molar-refractivity contribution in [2.75, 3.05) is 0 Å². The number of Topliss-reactive ketones (excluding diaryl/α,β-unsaturated/α-hetero) is 1. The zero-order valence-corrected chi connectivity index (χ0v) is 18.6. The van der Waals surface area contributed by atoms with E-state index in [4.69, 9.17) is 0 Å². The van der Waals surface area contributed by atoms with Gasteiger partial charge < -0.3 is 10.2 Å². The van der Waals surface area contributed by atoms with Gasteiger partial charge in [-0.05, 0) is 23.3 Å². The summed E-state index contributed by atoms with van der Waals surface area (Å²) in [4.78, 5) is 12.0. The fourth-order valence-corrected chi connectivity index (χ4v) is 2.01. The molecule has 0 spiro atoms. The molecule has 0 saturated heterocycles. The minimum Gasteiger partial charge on any atom is -0.508 e. The number of benzene rings is 2. The first-order chi connectivity index (χ1) is 14.1. The summed E-state index contributed by atoms with van der Waals surface area (Å²) in [5, 5.41) is 18.9. The fourth-order valence-electron chi connectivity index (χ4n) is 2.01. The maximum absolute atomic E-state index is 12.0. The van der Waals surface area contributed by atoms with Crippen LogP contribution in [-0.4, -0.2) is 16.0 Å². The molecule has 2 N–H and O–H groups in total. The highest BCUT2D eigenvalue weighted by molar-refractivity contribution is 5.99. The van der Waals surface area contributed by atoms with E-state index in [0.29, 0.717) is 0 Å². The lowest BCUT2D eigenvalue weighted by atomic mass is 10.1. The largest absolute Gasteiger partial charge is 0.508 e. The van der Waals surface area contributed by atoms with Gasteiger partial charge in [0.25, 0.3) is 0 Å². The summed E-state index contributed by atoms with van der Waals surface area (Å²) in [5.41, 5.74) is 2.04. The molecule has 2 aromatic rings. The van der Waals surface area contributed by atoms with E-state index in [2.05, 4.69) is 6.58 Å². The number of allylic oxidation sites excluding steroid dienone is 4. The van der Waals surface area contributed by atoms with Crippen molar-refractivity contribution in [3.8, 4) is 11.5 Å². The maximum Gasteiger partial charge on any atom is 0.170 e. The Morgan fingerprint density at radius 1 is 0.897 bits per heavy atom. The summed E-state index contributed by atoms with van der Waals surface area (Å²) >= 11 is 0. The number of hydrogen-bond acceptors (Lipinski definition) is 3. The molecular weight excluding hydrogens is 360 g/mol. The van der Waals surface area contributed by atoms with E-state index in [0.717, 1.165) is 17.2 Å². The van der Waals surface area contributed by atoms with E-state index in [1.165, 1.54) is 12.1 Å². The molecule has 0 radical (unpaired) electrons. The van der Waals surface area contributed by atoms with Crippen molar-refractivity contribution in [1.29, 1.82) is 0 Å². The van der Waals surface area contributed by atoms with Crippen molar-refractivity contribution < 1.29 is 15.0 Å². The van der Waals surface area contributed by atoms with Gasteiger partial charge in [0.15, 0.2) is 5.78 Å². The first-order valence-corrected chi connectivity index (χ1v) is 10.2. The lowest BCUT2D eigenvalue weighted by molar-refractivity contribution is 0.0993. The molecular formula is C26H36O3. The lowest BCUT2D eigenvalue weighted by Crippen LogP contribution is -1.97. The molecule has 0 aliphatic rings. The van der Waals surface area contributed by atoms with Gasteiger partial charge in [-0.15, -0.1) is 0 Å². The van der Waals surface area contributed by atoms with E-state index in [1.54, 1.807) is 12.2 Å². The Kier molecular flexibility index (Phi) is 17.8. The number of rotatable bonds is 6. The van der Waals surface area contributed by atoms with Crippen LogP contribution in [0.15, 0.2) is 78.9 Å². The molecule has 0 bridgehead atoms. The second-order valence-electron chi connectivity index (χ2n) is 5.05. The van der Waals surface area contributed by atoms with Gasteiger partial charge in [-0.2, -0.15) is 0 Å². The predicted molar refractivity (Wildman–Crippen MR) is 127 cm³/mol. The number of hydrogen-bond donors (Lipinski definition) is 2. The summed E-state index contributed by atoms with van der Waals surface area (Å²) in [6.45, 7) is 15.9. The van der Waals surface area contributed by atoms with Crippen LogP contribution in [0.2, 0.25) is 0 Å². The van der Waals surface area contributed by atoms with Gasteiger partial charge in [-0.25, -0.2) is 0 Å². The minimum absolute atomic E-state index is 0.0750. The smallest absolute Gasteiger partial charge is 0.170 e. The number of phenolic OH excluding ortho intramolecular Hbond substituents is 2. The monoisotopic (exact) mass is 396 g/mol. The van der Waals surface area contributed by atoms with Gasteiger partial charge in [-0.1, -0.05) is 103 Å². The third-order valence-corrected chi connectivity index (χ3v) is 3.21. The molecule has 0 atom stereocenters. The summed E-state index contributed by atoms with van der Waals surface area (Å²) in [6, 6.07) is 13.8. The van der Waals surface area contributed by atoms with Crippen LogP contribution in [0, 0.1) is 0 Å². The molecule has 2 rings (SSSR count). The molecule has 0 aliphatic heterocycles. The van der Waals surface area contributed by atoms with Crippen molar-refractivity contribution in [2.45, 2.75) is 48.0 Å². The Balaban J connectivity index is 0. The van der Waals surface area contributed by atoms with Crippen LogP contribution < -0.4 is 0 Å². The average molecular weight is 397 g/mol. The Hall–Kier alpha value is -3.07. The van der Waals surface area contributed by atoms with E-state index in [-0.39, 0.29) is 29.3 Å². The van der Waals surface area contributed by atoms with Crippen LogP contribution in [-0.2, 0) is 0 Å². The molecule has 0 saturated carbocycles. The van der Waals surface area contributed by atoms with Gasteiger partial charge in [0, 0.05) is 12.5 Å². The summed E-state index contributed by atoms with van der Waals surface area (Å²) in [5.74, 6) is -0.515. The first kappa shape index (κ1) is 28.1. The first-order valence-electron chi connectivity index (χ1n) is 10.2. The van der Waals surface area contributed by atoms with Gasteiger partial charge >= 0.3 is 0 Å². The zero-order chi connectivity index (χ0) is 22.7. The molecule has 0 aromatic heterocycles. The highest BCUT2D eigenvalue weighted by atomic mass is 16.3. The number of carbonyl (C=O) groups is 1. The van der Waals surface area contributed by atoms with E-state index >= 15 is 0 Å². The zero-order valence-electron chi connectivity index (χ0n) is 18.6. The highest BCUT2D eigenvalue weighted by Gasteiger charge is 2.09. The lowest BCUT2D eigenvalue weighted by Gasteiger charge is -2.02. The molecule has 29 heavy (non-hydrogen) atoms. The van der Waals surface area contributed by atoms with Crippen molar-refractivity contribution >= 4 is 11.9 Å². The molecule has 3 nitrogen and oxygen atoms in total. The molecule has 0 unspecified atom stereocenters. The summed E-state index contributed by atoms with van der Waals surface area (Å²) in [7, 11) is 0. The van der Waals surface area contributed by atoms with Gasteiger partial charge in [0.05, 0.1) is 5.56 Å². The molecule has 0 heterocycles. The molecule has 158 valence electrons. The van der Waals surface area contributed by atoms with Gasteiger partial charge in [0.2, 0.25) is 0 Å². The molecule has 0 amide bonds. The second-order valence-corrected chi connectivity index (χ2v) is 5.05. The molecule has 3 heteroatoms. The molecule has 2 aromatic carbocycles. The van der Waals surface area contributed by atoms with Gasteiger partial charge in [0.1, 0.15) is 11.5 Å². The van der Waals surface area contributed by atoms with Crippen LogP contribution in [0.25, 0.3) is 6.08 Å². The Labute approximate surface area is 176 Å². The molecule has 0 aliphatic carbocycles. The summed E-state index contributed by atoms with van der Waals surface area (Å²) < 4.78 is 0. The predicted octanol–water partition coefficient (Wildman–Crippen LogP) is 7.58. The summed E-state index contributed by atoms with van der Waals surface area (Å²) in [6.07, 6.45) is 7.42. The quantitative estimate of drug-likeness (QED) is 0.391. The van der Waals surface area contributed by atoms with Crippen LogP contribution in [0.5, 0.6) is 11.5 Å². The van der Waals surface area contributed by atoms with Gasteiger partial charge in [-0.3, -0.25) is 4.79 Å². The Morgan fingerprint density at radius 3 is 2.03 bits per heavy atom. The Morgan fingerprint density at radius 2 is 1.48 bits per heavy atom. The van der Waals surface area contributed by atoms with E-state index in [9.17, 15) is 15.0 Å². The third-order valence-electron chi connectivity index (χ3n) is 3.21. The van der Waals surface area contributed by atoms with Crippen LogP contribution in [0.1, 0.15) is 63.9 Å². The fraction of sp³-hybridized carbons (Fsp3) is 0.269. The average Bonchev–Trinajstić information content (AvgIpc) is 2.77. The number of ketones is 1. The Bertz CT molecular complexity index is 757. The number of aromatic hydroxyl groups is 2. The van der Waals surface area contributed by atoms with Crippen molar-refractivity contribution in [3.05, 3.63) is 90.0 Å². The van der Waals surface area contributed by atoms with Crippen molar-refractivity contribution in [2.24, 2.45) is 0 Å². The molecule has 0 fully saturated rings. The minimum atomic E-state index is -0.224. The van der Waals surface area contributed by atoms with Crippen molar-refractivity contribution in [1.82, 2.24) is 0 Å². The second kappa shape index (κ2) is 18.3. The van der Waals surface area contributed by atoms with E-state index in [1.807, 2.05) is 84.0 Å². The third kappa shape index (κ3) is 12.1.